The van der Waals surface area contributed by atoms with Crippen molar-refractivity contribution < 1.29 is 4.74 Å². The van der Waals surface area contributed by atoms with Gasteiger partial charge >= 0.3 is 0 Å². The van der Waals surface area contributed by atoms with Crippen LogP contribution in [-0.4, -0.2) is 19.6 Å². The Morgan fingerprint density at radius 1 is 1.04 bits per heavy atom. The number of hydrogen-bond acceptors (Lipinski definition) is 3. The lowest BCUT2D eigenvalue weighted by Gasteiger charge is -2.22. The summed E-state index contributed by atoms with van der Waals surface area (Å²) in [6.45, 7) is 4.57. The van der Waals surface area contributed by atoms with E-state index < -0.39 is 0 Å². The molecule has 0 amide bonds. The van der Waals surface area contributed by atoms with Gasteiger partial charge in [0.2, 0.25) is 0 Å². The van der Waals surface area contributed by atoms with Crippen LogP contribution < -0.4 is 15.4 Å². The van der Waals surface area contributed by atoms with Gasteiger partial charge in [0.15, 0.2) is 0 Å². The quantitative estimate of drug-likeness (QED) is 0.734. The molecule has 0 aromatic heterocycles. The van der Waals surface area contributed by atoms with Gasteiger partial charge in [-0.1, -0.05) is 41.4 Å². The van der Waals surface area contributed by atoms with Gasteiger partial charge in [0.25, 0.3) is 0 Å². The van der Waals surface area contributed by atoms with Crippen LogP contribution in [0.1, 0.15) is 24.0 Å². The first kappa shape index (κ1) is 18.5. The van der Waals surface area contributed by atoms with E-state index in [1.807, 2.05) is 30.3 Å². The van der Waals surface area contributed by atoms with Crippen LogP contribution in [0.15, 0.2) is 42.5 Å². The number of piperidine rings is 1. The molecular weight excluding hydrogens is 355 g/mol. The molecule has 3 nitrogen and oxygen atoms in total. The molecule has 0 aliphatic carbocycles. The molecule has 1 aliphatic rings. The Hall–Kier alpha value is -1.26. The summed E-state index contributed by atoms with van der Waals surface area (Å²) in [6.07, 6.45) is 2.52. The number of nitrogens with one attached hydrogen (secondary N) is 2. The van der Waals surface area contributed by atoms with Crippen LogP contribution in [0.2, 0.25) is 10.0 Å². The SMILES string of the molecule is Clc1cccc(Cl)c1COc1cccc(CNCC2CCNCC2)c1. The first-order valence-corrected chi connectivity index (χ1v) is 9.54. The highest BCUT2D eigenvalue weighted by Crippen LogP contribution is 2.26. The minimum Gasteiger partial charge on any atom is -0.489 e. The largest absolute Gasteiger partial charge is 0.489 e. The summed E-state index contributed by atoms with van der Waals surface area (Å²) in [5.41, 5.74) is 2.04. The fraction of sp³-hybridized carbons (Fsp3) is 0.400. The Labute approximate surface area is 159 Å². The summed E-state index contributed by atoms with van der Waals surface area (Å²) >= 11 is 12.4. The maximum absolute atomic E-state index is 6.19. The highest BCUT2D eigenvalue weighted by molar-refractivity contribution is 6.35. The second kappa shape index (κ2) is 9.44. The Morgan fingerprint density at radius 3 is 2.52 bits per heavy atom. The van der Waals surface area contributed by atoms with E-state index in [0.717, 1.165) is 43.4 Å². The molecule has 0 saturated carbocycles. The van der Waals surface area contributed by atoms with E-state index in [4.69, 9.17) is 27.9 Å². The standard InChI is InChI=1S/C20H24Cl2N2O/c21-19-5-2-6-20(22)18(19)14-25-17-4-1-3-16(11-17)13-24-12-15-7-9-23-10-8-15/h1-6,11,15,23-24H,7-10,12-14H2. The molecule has 0 unspecified atom stereocenters. The second-order valence-corrected chi connectivity index (χ2v) is 7.27. The van der Waals surface area contributed by atoms with Gasteiger partial charge in [-0.05, 0) is 68.2 Å². The van der Waals surface area contributed by atoms with E-state index >= 15 is 0 Å². The molecule has 3 rings (SSSR count). The average Bonchev–Trinajstić information content (AvgIpc) is 2.63. The molecule has 134 valence electrons. The Balaban J connectivity index is 1.51. The predicted molar refractivity (Wildman–Crippen MR) is 105 cm³/mol. The van der Waals surface area contributed by atoms with Crippen molar-refractivity contribution in [2.24, 2.45) is 5.92 Å². The fourth-order valence-corrected chi connectivity index (χ4v) is 3.58. The summed E-state index contributed by atoms with van der Waals surface area (Å²) in [5, 5.41) is 8.23. The molecular formula is C20H24Cl2N2O. The van der Waals surface area contributed by atoms with E-state index in [0.29, 0.717) is 16.7 Å². The highest BCUT2D eigenvalue weighted by atomic mass is 35.5. The molecule has 2 aromatic rings. The molecule has 1 fully saturated rings. The van der Waals surface area contributed by atoms with Crippen molar-refractivity contribution >= 4 is 23.2 Å². The number of halogens is 2. The van der Waals surface area contributed by atoms with Gasteiger partial charge in [-0.25, -0.2) is 0 Å². The van der Waals surface area contributed by atoms with Crippen molar-refractivity contribution in [2.45, 2.75) is 26.0 Å². The van der Waals surface area contributed by atoms with Crippen LogP contribution in [0.4, 0.5) is 0 Å². The minimum absolute atomic E-state index is 0.366. The van der Waals surface area contributed by atoms with Gasteiger partial charge in [-0.3, -0.25) is 0 Å². The molecule has 1 aliphatic heterocycles. The van der Waals surface area contributed by atoms with Crippen molar-refractivity contribution in [1.29, 1.82) is 0 Å². The summed E-state index contributed by atoms with van der Waals surface area (Å²) in [5.74, 6) is 1.61. The summed E-state index contributed by atoms with van der Waals surface area (Å²) < 4.78 is 5.89. The maximum Gasteiger partial charge on any atom is 0.120 e. The monoisotopic (exact) mass is 378 g/mol. The molecule has 0 radical (unpaired) electrons. The maximum atomic E-state index is 6.19. The Bertz CT molecular complexity index is 667. The zero-order chi connectivity index (χ0) is 17.5. The fourth-order valence-electron chi connectivity index (χ4n) is 3.08. The topological polar surface area (TPSA) is 33.3 Å². The first-order chi connectivity index (χ1) is 12.2. The zero-order valence-corrected chi connectivity index (χ0v) is 15.7. The zero-order valence-electron chi connectivity index (χ0n) is 14.2. The van der Waals surface area contributed by atoms with Crippen LogP contribution >= 0.6 is 23.2 Å². The van der Waals surface area contributed by atoms with Crippen molar-refractivity contribution in [3.63, 3.8) is 0 Å². The minimum atomic E-state index is 0.366. The van der Waals surface area contributed by atoms with Crippen LogP contribution in [0.5, 0.6) is 5.75 Å². The lowest BCUT2D eigenvalue weighted by atomic mass is 9.98. The third kappa shape index (κ3) is 5.61. The van der Waals surface area contributed by atoms with Gasteiger partial charge in [0, 0.05) is 22.2 Å². The van der Waals surface area contributed by atoms with Gasteiger partial charge in [0.05, 0.1) is 0 Å². The van der Waals surface area contributed by atoms with Gasteiger partial charge in [-0.2, -0.15) is 0 Å². The Morgan fingerprint density at radius 2 is 1.76 bits per heavy atom. The second-order valence-electron chi connectivity index (χ2n) is 6.46. The molecule has 0 spiro atoms. The average molecular weight is 379 g/mol. The summed E-state index contributed by atoms with van der Waals surface area (Å²) in [4.78, 5) is 0. The van der Waals surface area contributed by atoms with E-state index in [1.54, 1.807) is 0 Å². The third-order valence-corrected chi connectivity index (χ3v) is 5.27. The smallest absolute Gasteiger partial charge is 0.120 e. The number of ether oxygens (including phenoxy) is 1. The molecule has 1 heterocycles. The molecule has 2 N–H and O–H groups in total. The molecule has 2 aromatic carbocycles. The van der Waals surface area contributed by atoms with Crippen LogP contribution in [-0.2, 0) is 13.2 Å². The van der Waals surface area contributed by atoms with Gasteiger partial charge < -0.3 is 15.4 Å². The molecule has 0 bridgehead atoms. The molecule has 5 heteroatoms. The predicted octanol–water partition coefficient (Wildman–Crippen LogP) is 4.66. The van der Waals surface area contributed by atoms with Crippen LogP contribution in [0.3, 0.4) is 0 Å². The van der Waals surface area contributed by atoms with Gasteiger partial charge in [-0.15, -0.1) is 0 Å². The van der Waals surface area contributed by atoms with E-state index in [1.165, 1.54) is 18.4 Å². The van der Waals surface area contributed by atoms with E-state index in [9.17, 15) is 0 Å². The van der Waals surface area contributed by atoms with Crippen molar-refractivity contribution in [3.8, 4) is 5.75 Å². The lowest BCUT2D eigenvalue weighted by molar-refractivity contribution is 0.306. The van der Waals surface area contributed by atoms with E-state index in [2.05, 4.69) is 22.8 Å². The normalized spacial score (nSPS) is 15.3. The van der Waals surface area contributed by atoms with Crippen molar-refractivity contribution in [2.75, 3.05) is 19.6 Å². The number of rotatable bonds is 7. The Kier molecular flexibility index (Phi) is 7.00. The highest BCUT2D eigenvalue weighted by Gasteiger charge is 2.12. The third-order valence-electron chi connectivity index (χ3n) is 4.56. The van der Waals surface area contributed by atoms with Gasteiger partial charge in [0.1, 0.15) is 12.4 Å². The molecule has 25 heavy (non-hydrogen) atoms. The lowest BCUT2D eigenvalue weighted by Crippen LogP contribution is -2.33. The van der Waals surface area contributed by atoms with Crippen molar-refractivity contribution in [3.05, 3.63) is 63.6 Å². The van der Waals surface area contributed by atoms with Crippen LogP contribution in [0.25, 0.3) is 0 Å². The number of benzene rings is 2. The molecule has 1 saturated heterocycles. The molecule has 0 atom stereocenters. The summed E-state index contributed by atoms with van der Waals surface area (Å²) in [7, 11) is 0. The van der Waals surface area contributed by atoms with E-state index in [-0.39, 0.29) is 0 Å². The summed E-state index contributed by atoms with van der Waals surface area (Å²) in [6, 6.07) is 13.7. The van der Waals surface area contributed by atoms with Crippen molar-refractivity contribution in [1.82, 2.24) is 10.6 Å². The van der Waals surface area contributed by atoms with Crippen LogP contribution in [0, 0.1) is 5.92 Å². The number of hydrogen-bond donors (Lipinski definition) is 2. The first-order valence-electron chi connectivity index (χ1n) is 8.78.